The first-order valence-electron chi connectivity index (χ1n) is 4.43. The second kappa shape index (κ2) is 3.94. The van der Waals surface area contributed by atoms with Crippen LogP contribution in [0.15, 0.2) is 21.4 Å². The van der Waals surface area contributed by atoms with Gasteiger partial charge in [-0.05, 0) is 24.9 Å². The number of aryl methyl sites for hydroxylation is 1. The highest BCUT2D eigenvalue weighted by Crippen LogP contribution is 2.26. The van der Waals surface area contributed by atoms with Crippen LogP contribution in [0.1, 0.15) is 11.3 Å². The molecule has 4 heteroatoms. The average Bonchev–Trinajstić information content (AvgIpc) is 2.74. The number of hydrogen-bond donors (Lipinski definition) is 1. The fourth-order valence-corrected chi connectivity index (χ4v) is 2.09. The molecule has 2 aromatic rings. The summed E-state index contributed by atoms with van der Waals surface area (Å²) in [7, 11) is 1.89. The zero-order chi connectivity index (χ0) is 9.97. The molecule has 2 heterocycles. The van der Waals surface area contributed by atoms with Gasteiger partial charge in [-0.3, -0.25) is 0 Å². The molecule has 2 rings (SSSR count). The molecular weight excluding hydrogens is 196 g/mol. The number of rotatable bonds is 3. The van der Waals surface area contributed by atoms with Crippen molar-refractivity contribution in [2.75, 3.05) is 7.05 Å². The second-order valence-electron chi connectivity index (χ2n) is 3.13. The summed E-state index contributed by atoms with van der Waals surface area (Å²) in [6.07, 6.45) is 1.77. The van der Waals surface area contributed by atoms with Crippen LogP contribution in [0.5, 0.6) is 0 Å². The van der Waals surface area contributed by atoms with Gasteiger partial charge in [0.15, 0.2) is 0 Å². The van der Waals surface area contributed by atoms with E-state index in [1.165, 1.54) is 5.56 Å². The van der Waals surface area contributed by atoms with Crippen molar-refractivity contribution in [1.82, 2.24) is 10.3 Å². The van der Waals surface area contributed by atoms with Crippen LogP contribution in [0.25, 0.3) is 11.5 Å². The molecule has 0 amide bonds. The number of nitrogens with one attached hydrogen (secondary N) is 1. The Hall–Kier alpha value is -1.13. The Kier molecular flexibility index (Phi) is 2.65. The van der Waals surface area contributed by atoms with Gasteiger partial charge < -0.3 is 9.73 Å². The molecule has 0 aromatic carbocycles. The number of oxazole rings is 1. The SMILES string of the molecule is CNCc1cnc(-c2cscc2C)o1. The molecule has 0 aliphatic heterocycles. The van der Waals surface area contributed by atoms with Crippen molar-refractivity contribution in [2.24, 2.45) is 0 Å². The first-order chi connectivity index (χ1) is 6.81. The summed E-state index contributed by atoms with van der Waals surface area (Å²) >= 11 is 1.67. The largest absolute Gasteiger partial charge is 0.440 e. The van der Waals surface area contributed by atoms with Crippen molar-refractivity contribution >= 4 is 11.3 Å². The highest BCUT2D eigenvalue weighted by atomic mass is 32.1. The summed E-state index contributed by atoms with van der Waals surface area (Å²) in [6.45, 7) is 2.78. The normalized spacial score (nSPS) is 10.7. The third kappa shape index (κ3) is 1.71. The van der Waals surface area contributed by atoms with Gasteiger partial charge >= 0.3 is 0 Å². The van der Waals surface area contributed by atoms with Gasteiger partial charge in [0.1, 0.15) is 5.76 Å². The molecule has 0 atom stereocenters. The van der Waals surface area contributed by atoms with Crippen LogP contribution in [0.3, 0.4) is 0 Å². The molecule has 0 unspecified atom stereocenters. The Morgan fingerprint density at radius 2 is 2.36 bits per heavy atom. The van der Waals surface area contributed by atoms with Crippen molar-refractivity contribution in [3.05, 3.63) is 28.3 Å². The molecular formula is C10H12N2OS. The average molecular weight is 208 g/mol. The second-order valence-corrected chi connectivity index (χ2v) is 3.87. The van der Waals surface area contributed by atoms with Crippen LogP contribution in [0.4, 0.5) is 0 Å². The van der Waals surface area contributed by atoms with E-state index < -0.39 is 0 Å². The molecule has 0 bridgehead atoms. The quantitative estimate of drug-likeness (QED) is 0.841. The number of thiophene rings is 1. The van der Waals surface area contributed by atoms with Crippen LogP contribution in [0, 0.1) is 6.92 Å². The number of aromatic nitrogens is 1. The predicted octanol–water partition coefficient (Wildman–Crippen LogP) is 2.43. The van der Waals surface area contributed by atoms with E-state index in [1.54, 1.807) is 17.5 Å². The minimum atomic E-state index is 0.717. The summed E-state index contributed by atoms with van der Waals surface area (Å²) in [5.74, 6) is 1.59. The summed E-state index contributed by atoms with van der Waals surface area (Å²) in [5, 5.41) is 7.18. The van der Waals surface area contributed by atoms with E-state index in [0.29, 0.717) is 5.89 Å². The third-order valence-corrected chi connectivity index (χ3v) is 2.85. The molecule has 2 aromatic heterocycles. The lowest BCUT2D eigenvalue weighted by Gasteiger charge is -1.93. The first-order valence-corrected chi connectivity index (χ1v) is 5.38. The molecule has 0 saturated carbocycles. The van der Waals surface area contributed by atoms with Gasteiger partial charge in [0.05, 0.1) is 18.3 Å². The maximum absolute atomic E-state index is 5.58. The van der Waals surface area contributed by atoms with Gasteiger partial charge in [-0.2, -0.15) is 11.3 Å². The molecule has 3 nitrogen and oxygen atoms in total. The monoisotopic (exact) mass is 208 g/mol. The summed E-state index contributed by atoms with van der Waals surface area (Å²) in [5.41, 5.74) is 2.31. The molecule has 0 fully saturated rings. The Balaban J connectivity index is 2.29. The van der Waals surface area contributed by atoms with E-state index in [-0.39, 0.29) is 0 Å². The summed E-state index contributed by atoms with van der Waals surface area (Å²) in [4.78, 5) is 4.24. The summed E-state index contributed by atoms with van der Waals surface area (Å²) in [6, 6.07) is 0. The minimum Gasteiger partial charge on any atom is -0.440 e. The molecule has 1 N–H and O–H groups in total. The Labute approximate surface area is 86.8 Å². The van der Waals surface area contributed by atoms with E-state index in [2.05, 4.69) is 28.0 Å². The van der Waals surface area contributed by atoms with Gasteiger partial charge in [0.25, 0.3) is 0 Å². The standard InChI is InChI=1S/C10H12N2OS/c1-7-5-14-6-9(7)10-12-4-8(13-10)3-11-2/h4-6,11H,3H2,1-2H3. The maximum atomic E-state index is 5.58. The molecule has 0 spiro atoms. The van der Waals surface area contributed by atoms with Crippen LogP contribution >= 0.6 is 11.3 Å². The van der Waals surface area contributed by atoms with Crippen molar-refractivity contribution < 1.29 is 4.42 Å². The van der Waals surface area contributed by atoms with Crippen LogP contribution in [-0.4, -0.2) is 12.0 Å². The Morgan fingerprint density at radius 1 is 1.50 bits per heavy atom. The number of hydrogen-bond acceptors (Lipinski definition) is 4. The van der Waals surface area contributed by atoms with Gasteiger partial charge in [-0.15, -0.1) is 0 Å². The van der Waals surface area contributed by atoms with Gasteiger partial charge in [0.2, 0.25) is 5.89 Å². The van der Waals surface area contributed by atoms with Crippen LogP contribution in [-0.2, 0) is 6.54 Å². The van der Waals surface area contributed by atoms with Crippen LogP contribution in [0.2, 0.25) is 0 Å². The Morgan fingerprint density at radius 3 is 3.00 bits per heavy atom. The fourth-order valence-electron chi connectivity index (χ4n) is 1.27. The molecule has 0 radical (unpaired) electrons. The van der Waals surface area contributed by atoms with Crippen molar-refractivity contribution in [1.29, 1.82) is 0 Å². The summed E-state index contributed by atoms with van der Waals surface area (Å²) < 4.78 is 5.58. The highest BCUT2D eigenvalue weighted by molar-refractivity contribution is 7.08. The topological polar surface area (TPSA) is 38.1 Å². The lowest BCUT2D eigenvalue weighted by molar-refractivity contribution is 0.503. The number of nitrogens with zero attached hydrogens (tertiary/aromatic N) is 1. The first kappa shape index (κ1) is 9.43. The van der Waals surface area contributed by atoms with E-state index in [0.717, 1.165) is 17.9 Å². The van der Waals surface area contributed by atoms with E-state index in [1.807, 2.05) is 7.05 Å². The van der Waals surface area contributed by atoms with Crippen molar-refractivity contribution in [2.45, 2.75) is 13.5 Å². The molecule has 0 aliphatic rings. The lowest BCUT2D eigenvalue weighted by atomic mass is 10.2. The predicted molar refractivity (Wildman–Crippen MR) is 57.3 cm³/mol. The van der Waals surface area contributed by atoms with Crippen molar-refractivity contribution in [3.8, 4) is 11.5 Å². The molecule has 74 valence electrons. The lowest BCUT2D eigenvalue weighted by Crippen LogP contribution is -2.03. The van der Waals surface area contributed by atoms with E-state index in [4.69, 9.17) is 4.42 Å². The maximum Gasteiger partial charge on any atom is 0.227 e. The van der Waals surface area contributed by atoms with Gasteiger partial charge in [-0.25, -0.2) is 4.98 Å². The molecule has 14 heavy (non-hydrogen) atoms. The van der Waals surface area contributed by atoms with E-state index >= 15 is 0 Å². The van der Waals surface area contributed by atoms with Gasteiger partial charge in [-0.1, -0.05) is 0 Å². The van der Waals surface area contributed by atoms with Gasteiger partial charge in [0, 0.05) is 5.38 Å². The highest BCUT2D eigenvalue weighted by Gasteiger charge is 2.09. The van der Waals surface area contributed by atoms with Crippen molar-refractivity contribution in [3.63, 3.8) is 0 Å². The van der Waals surface area contributed by atoms with E-state index in [9.17, 15) is 0 Å². The molecule has 0 aliphatic carbocycles. The van der Waals surface area contributed by atoms with Crippen LogP contribution < -0.4 is 5.32 Å². The fraction of sp³-hybridized carbons (Fsp3) is 0.300. The Bertz CT molecular complexity index is 419. The zero-order valence-electron chi connectivity index (χ0n) is 8.20. The molecule has 0 saturated heterocycles. The smallest absolute Gasteiger partial charge is 0.227 e. The third-order valence-electron chi connectivity index (χ3n) is 1.99. The zero-order valence-corrected chi connectivity index (χ0v) is 9.02. The minimum absolute atomic E-state index is 0.717.